The van der Waals surface area contributed by atoms with E-state index in [1.807, 2.05) is 13.0 Å². The van der Waals surface area contributed by atoms with Crippen LogP contribution < -0.4 is 14.8 Å². The Morgan fingerprint density at radius 3 is 3.07 bits per heavy atom. The van der Waals surface area contributed by atoms with E-state index in [1.54, 1.807) is 23.5 Å². The van der Waals surface area contributed by atoms with Crippen molar-refractivity contribution >= 4 is 44.9 Å². The van der Waals surface area contributed by atoms with Gasteiger partial charge in [0, 0.05) is 22.0 Å². The SMILES string of the molecule is Cc1nc(SCC(=O)Nc2ccc3c(c2)OCO3)c2c3c(sc2n1)C[C@@H](C)CC3. The minimum atomic E-state index is -0.0731. The standard InChI is InChI=1S/C21H21N3O3S2/c1-11-3-5-14-17(7-11)29-21-19(14)20(22-12(2)23-21)28-9-18(25)24-13-4-6-15-16(8-13)27-10-26-15/h4,6,8,11H,3,5,7,9-10H2,1-2H3,(H,24,25)/t11-/m0/s1. The van der Waals surface area contributed by atoms with Crippen molar-refractivity contribution in [2.45, 2.75) is 38.1 Å². The van der Waals surface area contributed by atoms with E-state index in [1.165, 1.54) is 28.6 Å². The highest BCUT2D eigenvalue weighted by molar-refractivity contribution is 8.00. The number of thioether (sulfide) groups is 1. The Kier molecular flexibility index (Phi) is 4.83. The average Bonchev–Trinajstić information content (AvgIpc) is 3.29. The number of aryl methyl sites for hydroxylation is 2. The highest BCUT2D eigenvalue weighted by Gasteiger charge is 2.24. The van der Waals surface area contributed by atoms with Crippen LogP contribution in [0.25, 0.3) is 10.2 Å². The molecule has 8 heteroatoms. The molecule has 2 aromatic heterocycles. The molecule has 3 aromatic rings. The smallest absolute Gasteiger partial charge is 0.234 e. The van der Waals surface area contributed by atoms with E-state index in [9.17, 15) is 4.79 Å². The molecule has 150 valence electrons. The molecule has 3 heterocycles. The maximum atomic E-state index is 12.5. The van der Waals surface area contributed by atoms with E-state index in [2.05, 4.69) is 22.2 Å². The van der Waals surface area contributed by atoms with Crippen molar-refractivity contribution in [1.29, 1.82) is 0 Å². The van der Waals surface area contributed by atoms with Crippen LogP contribution in [0.3, 0.4) is 0 Å². The van der Waals surface area contributed by atoms with Gasteiger partial charge in [-0.2, -0.15) is 0 Å². The van der Waals surface area contributed by atoms with E-state index in [-0.39, 0.29) is 12.7 Å². The van der Waals surface area contributed by atoms with E-state index < -0.39 is 0 Å². The normalized spacial score (nSPS) is 17.4. The lowest BCUT2D eigenvalue weighted by Crippen LogP contribution is -2.14. The van der Waals surface area contributed by atoms with Crippen LogP contribution in [0.15, 0.2) is 23.2 Å². The summed E-state index contributed by atoms with van der Waals surface area (Å²) >= 11 is 3.27. The molecule has 6 nitrogen and oxygen atoms in total. The summed E-state index contributed by atoms with van der Waals surface area (Å²) in [5.41, 5.74) is 2.09. The summed E-state index contributed by atoms with van der Waals surface area (Å²) in [7, 11) is 0. The minimum absolute atomic E-state index is 0.0731. The third-order valence-electron chi connectivity index (χ3n) is 5.23. The first-order valence-corrected chi connectivity index (χ1v) is 11.5. The van der Waals surface area contributed by atoms with Crippen LogP contribution in [0.5, 0.6) is 11.5 Å². The van der Waals surface area contributed by atoms with E-state index in [0.717, 1.165) is 33.9 Å². The van der Waals surface area contributed by atoms with Crippen molar-refractivity contribution in [3.05, 3.63) is 34.5 Å². The molecular formula is C21H21N3O3S2. The van der Waals surface area contributed by atoms with E-state index >= 15 is 0 Å². The number of benzene rings is 1. The summed E-state index contributed by atoms with van der Waals surface area (Å²) in [5, 5.41) is 5.00. The number of nitrogens with one attached hydrogen (secondary N) is 1. The molecule has 29 heavy (non-hydrogen) atoms. The molecule has 0 spiro atoms. The zero-order valence-electron chi connectivity index (χ0n) is 16.3. The van der Waals surface area contributed by atoms with Crippen LogP contribution in [0.1, 0.15) is 29.6 Å². The molecule has 2 aliphatic rings. The van der Waals surface area contributed by atoms with Gasteiger partial charge in [-0.15, -0.1) is 11.3 Å². The molecule has 1 aliphatic carbocycles. The quantitative estimate of drug-likeness (QED) is 0.485. The Hall–Kier alpha value is -2.32. The Bertz CT molecular complexity index is 1110. The zero-order chi connectivity index (χ0) is 20.0. The zero-order valence-corrected chi connectivity index (χ0v) is 17.9. The second-order valence-electron chi connectivity index (χ2n) is 7.51. The van der Waals surface area contributed by atoms with Gasteiger partial charge in [0.2, 0.25) is 12.7 Å². The van der Waals surface area contributed by atoms with Crippen molar-refractivity contribution in [3.63, 3.8) is 0 Å². The molecule has 0 saturated heterocycles. The number of aromatic nitrogens is 2. The molecule has 0 fully saturated rings. The van der Waals surface area contributed by atoms with E-state index in [4.69, 9.17) is 9.47 Å². The van der Waals surface area contributed by atoms with Crippen LogP contribution in [-0.2, 0) is 17.6 Å². The average molecular weight is 428 g/mol. The maximum absolute atomic E-state index is 12.5. The third-order valence-corrected chi connectivity index (χ3v) is 7.35. The van der Waals surface area contributed by atoms with Gasteiger partial charge in [0.15, 0.2) is 11.5 Å². The number of fused-ring (bicyclic) bond motifs is 4. The molecule has 0 unspecified atom stereocenters. The number of hydrogen-bond donors (Lipinski definition) is 1. The first kappa shape index (κ1) is 18.7. The molecule has 0 bridgehead atoms. The summed E-state index contributed by atoms with van der Waals surface area (Å²) in [5.74, 6) is 3.05. The van der Waals surface area contributed by atoms with Gasteiger partial charge in [0.25, 0.3) is 0 Å². The van der Waals surface area contributed by atoms with Crippen molar-refractivity contribution in [1.82, 2.24) is 9.97 Å². The summed E-state index contributed by atoms with van der Waals surface area (Å²) in [6, 6.07) is 5.41. The number of hydrogen-bond acceptors (Lipinski definition) is 7. The predicted molar refractivity (Wildman–Crippen MR) is 115 cm³/mol. The van der Waals surface area contributed by atoms with Crippen LogP contribution in [-0.4, -0.2) is 28.4 Å². The number of amides is 1. The van der Waals surface area contributed by atoms with Crippen LogP contribution >= 0.6 is 23.1 Å². The molecule has 1 atom stereocenters. The maximum Gasteiger partial charge on any atom is 0.234 e. The molecule has 1 amide bonds. The molecule has 1 aliphatic heterocycles. The number of nitrogens with zero attached hydrogens (tertiary/aromatic N) is 2. The Morgan fingerprint density at radius 2 is 2.17 bits per heavy atom. The topological polar surface area (TPSA) is 73.3 Å². The van der Waals surface area contributed by atoms with Gasteiger partial charge >= 0.3 is 0 Å². The molecule has 1 aromatic carbocycles. The van der Waals surface area contributed by atoms with Crippen molar-refractivity contribution in [2.24, 2.45) is 5.92 Å². The van der Waals surface area contributed by atoms with Gasteiger partial charge in [0.1, 0.15) is 15.7 Å². The number of rotatable bonds is 4. The number of carbonyl (C=O) groups excluding carboxylic acids is 1. The second-order valence-corrected chi connectivity index (χ2v) is 9.56. The monoisotopic (exact) mass is 427 g/mol. The lowest BCUT2D eigenvalue weighted by Gasteiger charge is -2.18. The number of carbonyl (C=O) groups is 1. The van der Waals surface area contributed by atoms with Gasteiger partial charge in [-0.3, -0.25) is 4.79 Å². The number of anilines is 1. The third kappa shape index (κ3) is 3.67. The van der Waals surface area contributed by atoms with Crippen LogP contribution in [0.4, 0.5) is 5.69 Å². The molecule has 1 N–H and O–H groups in total. The molecule has 0 radical (unpaired) electrons. The van der Waals surface area contributed by atoms with Crippen molar-refractivity contribution < 1.29 is 14.3 Å². The molecular weight excluding hydrogens is 406 g/mol. The van der Waals surface area contributed by atoms with Gasteiger partial charge in [-0.05, 0) is 49.8 Å². The summed E-state index contributed by atoms with van der Waals surface area (Å²) in [4.78, 5) is 24.3. The first-order valence-electron chi connectivity index (χ1n) is 9.68. The lowest BCUT2D eigenvalue weighted by molar-refractivity contribution is -0.113. The predicted octanol–water partition coefficient (Wildman–Crippen LogP) is 4.58. The summed E-state index contributed by atoms with van der Waals surface area (Å²) in [6.45, 7) is 4.44. The van der Waals surface area contributed by atoms with Gasteiger partial charge < -0.3 is 14.8 Å². The fourth-order valence-corrected chi connectivity index (χ4v) is 6.21. The Labute approximate surface area is 177 Å². The highest BCUT2D eigenvalue weighted by atomic mass is 32.2. The lowest BCUT2D eigenvalue weighted by atomic mass is 9.89. The highest BCUT2D eigenvalue weighted by Crippen LogP contribution is 2.41. The molecule has 0 saturated carbocycles. The summed E-state index contributed by atoms with van der Waals surface area (Å²) < 4.78 is 10.7. The van der Waals surface area contributed by atoms with Gasteiger partial charge in [0.05, 0.1) is 5.75 Å². The molecule has 5 rings (SSSR count). The van der Waals surface area contributed by atoms with Gasteiger partial charge in [-0.25, -0.2) is 9.97 Å². The second kappa shape index (κ2) is 7.50. The first-order chi connectivity index (χ1) is 14.1. The number of ether oxygens (including phenoxy) is 2. The van der Waals surface area contributed by atoms with E-state index in [0.29, 0.717) is 28.9 Å². The van der Waals surface area contributed by atoms with Crippen molar-refractivity contribution in [2.75, 3.05) is 17.9 Å². The minimum Gasteiger partial charge on any atom is -0.454 e. The Balaban J connectivity index is 1.34. The van der Waals surface area contributed by atoms with Crippen LogP contribution in [0.2, 0.25) is 0 Å². The Morgan fingerprint density at radius 1 is 1.31 bits per heavy atom. The number of thiophene rings is 1. The fourth-order valence-electron chi connectivity index (χ4n) is 3.82. The van der Waals surface area contributed by atoms with Crippen LogP contribution in [0, 0.1) is 12.8 Å². The van der Waals surface area contributed by atoms with Crippen molar-refractivity contribution in [3.8, 4) is 11.5 Å². The van der Waals surface area contributed by atoms with Gasteiger partial charge in [-0.1, -0.05) is 18.7 Å². The summed E-state index contributed by atoms with van der Waals surface area (Å²) in [6.07, 6.45) is 3.38. The largest absolute Gasteiger partial charge is 0.454 e. The fraction of sp³-hybridized carbons (Fsp3) is 0.381.